The molecule has 154 valence electrons. The van der Waals surface area contributed by atoms with Gasteiger partial charge >= 0.3 is 16.3 Å². The fourth-order valence-corrected chi connectivity index (χ4v) is 3.92. The maximum absolute atomic E-state index is 13.6. The molecule has 0 saturated carbocycles. The summed E-state index contributed by atoms with van der Waals surface area (Å²) in [7, 11) is -4.21. The molecule has 0 aliphatic heterocycles. The molecule has 0 fully saturated rings. The van der Waals surface area contributed by atoms with Crippen LogP contribution >= 0.6 is 15.9 Å². The number of unbranched alkanes of at least 4 members (excludes halogenated alkanes) is 1. The molecule has 0 saturated heterocycles. The van der Waals surface area contributed by atoms with Crippen molar-refractivity contribution in [1.82, 2.24) is 0 Å². The van der Waals surface area contributed by atoms with Crippen LogP contribution in [0.5, 0.6) is 0 Å². The van der Waals surface area contributed by atoms with E-state index >= 15 is 0 Å². The van der Waals surface area contributed by atoms with Gasteiger partial charge in [0.25, 0.3) is 0 Å². The van der Waals surface area contributed by atoms with Gasteiger partial charge in [0, 0.05) is 10.0 Å². The highest BCUT2D eigenvalue weighted by atomic mass is 79.9. The third-order valence-electron chi connectivity index (χ3n) is 3.91. The van der Waals surface area contributed by atoms with Crippen molar-refractivity contribution in [2.75, 3.05) is 5.75 Å². The zero-order valence-electron chi connectivity index (χ0n) is 15.3. The Morgan fingerprint density at radius 1 is 1.14 bits per heavy atom. The third kappa shape index (κ3) is 6.08. The largest absolute Gasteiger partial charge is 0.417 e. The van der Waals surface area contributed by atoms with Crippen molar-refractivity contribution in [3.05, 3.63) is 69.7 Å². The molecule has 0 unspecified atom stereocenters. The number of allylic oxidation sites excluding steroid dienone is 1. The standard InChI is InChI=1S/C20H17BrF3NO3S/c1-2-3-12-29(26,27)28-19(16-6-4-5-7-18(16)20(22,23)24)17(13-25)14-8-10-15(21)11-9-14/h4-11H,2-3,12H2,1H3/b19-17+. The summed E-state index contributed by atoms with van der Waals surface area (Å²) in [5.74, 6) is -1.01. The number of alkyl halides is 3. The molecule has 2 aromatic carbocycles. The van der Waals surface area contributed by atoms with Crippen LogP contribution in [0.1, 0.15) is 36.5 Å². The lowest BCUT2D eigenvalue weighted by atomic mass is 9.98. The smallest absolute Gasteiger partial charge is 0.380 e. The second-order valence-corrected chi connectivity index (χ2v) is 8.67. The molecular formula is C20H17BrF3NO3S. The van der Waals surface area contributed by atoms with E-state index in [2.05, 4.69) is 15.9 Å². The van der Waals surface area contributed by atoms with E-state index in [1.807, 2.05) is 0 Å². The van der Waals surface area contributed by atoms with Crippen molar-refractivity contribution >= 4 is 37.4 Å². The van der Waals surface area contributed by atoms with E-state index in [-0.39, 0.29) is 23.3 Å². The third-order valence-corrected chi connectivity index (χ3v) is 5.64. The summed E-state index contributed by atoms with van der Waals surface area (Å²) in [6, 6.07) is 12.4. The first kappa shape index (κ1) is 23.0. The number of nitriles is 1. The molecule has 0 atom stereocenters. The molecule has 0 heterocycles. The molecule has 0 aromatic heterocycles. The van der Waals surface area contributed by atoms with Gasteiger partial charge in [0.05, 0.1) is 11.3 Å². The predicted octanol–water partition coefficient (Wildman–Crippen LogP) is 6.01. The highest BCUT2D eigenvalue weighted by molar-refractivity contribution is 9.10. The van der Waals surface area contributed by atoms with Gasteiger partial charge in [0.15, 0.2) is 5.76 Å². The normalized spacial score (nSPS) is 12.8. The Bertz CT molecular complexity index is 1040. The minimum atomic E-state index is -4.77. The first-order valence-electron chi connectivity index (χ1n) is 8.58. The molecule has 9 heteroatoms. The zero-order valence-corrected chi connectivity index (χ0v) is 17.7. The SMILES string of the molecule is CCCCS(=O)(=O)O/C(=C(\C#N)c1ccc(Br)cc1)c1ccccc1C(F)(F)F. The minimum Gasteiger partial charge on any atom is -0.380 e. The van der Waals surface area contributed by atoms with E-state index in [9.17, 15) is 26.9 Å². The molecule has 0 radical (unpaired) electrons. The quantitative estimate of drug-likeness (QED) is 0.207. The van der Waals surface area contributed by atoms with E-state index in [4.69, 9.17) is 4.18 Å². The number of nitrogens with zero attached hydrogens (tertiary/aromatic N) is 1. The van der Waals surface area contributed by atoms with Crippen LogP contribution in [0.25, 0.3) is 11.3 Å². The van der Waals surface area contributed by atoms with Gasteiger partial charge in [-0.15, -0.1) is 0 Å². The van der Waals surface area contributed by atoms with Crippen LogP contribution in [-0.4, -0.2) is 14.2 Å². The topological polar surface area (TPSA) is 67.2 Å². The second-order valence-electron chi connectivity index (χ2n) is 6.06. The Hall–Kier alpha value is -2.31. The number of hydrogen-bond acceptors (Lipinski definition) is 4. The summed E-state index contributed by atoms with van der Waals surface area (Å²) in [5.41, 5.74) is -1.69. The van der Waals surface area contributed by atoms with Gasteiger partial charge < -0.3 is 4.18 Å². The van der Waals surface area contributed by atoms with Crippen molar-refractivity contribution in [2.45, 2.75) is 25.9 Å². The van der Waals surface area contributed by atoms with E-state index in [0.717, 1.165) is 12.1 Å². The van der Waals surface area contributed by atoms with Crippen LogP contribution in [0.3, 0.4) is 0 Å². The van der Waals surface area contributed by atoms with E-state index in [0.29, 0.717) is 10.9 Å². The Morgan fingerprint density at radius 3 is 2.31 bits per heavy atom. The fraction of sp³-hybridized carbons (Fsp3) is 0.250. The number of halogens is 4. The average Bonchev–Trinajstić information content (AvgIpc) is 2.67. The second kappa shape index (κ2) is 9.46. The van der Waals surface area contributed by atoms with Gasteiger partial charge in [-0.1, -0.05) is 59.6 Å². The van der Waals surface area contributed by atoms with Gasteiger partial charge in [0.1, 0.15) is 11.6 Å². The van der Waals surface area contributed by atoms with Crippen molar-refractivity contribution in [1.29, 1.82) is 5.26 Å². The van der Waals surface area contributed by atoms with Crippen molar-refractivity contribution in [3.63, 3.8) is 0 Å². The molecule has 4 nitrogen and oxygen atoms in total. The zero-order chi connectivity index (χ0) is 21.7. The first-order chi connectivity index (χ1) is 13.6. The van der Waals surface area contributed by atoms with Gasteiger partial charge in [0.2, 0.25) is 0 Å². The van der Waals surface area contributed by atoms with Gasteiger partial charge in [-0.25, -0.2) is 0 Å². The van der Waals surface area contributed by atoms with Gasteiger partial charge in [-0.2, -0.15) is 26.9 Å². The molecule has 0 N–H and O–H groups in total. The highest BCUT2D eigenvalue weighted by Gasteiger charge is 2.36. The van der Waals surface area contributed by atoms with Crippen molar-refractivity contribution in [3.8, 4) is 6.07 Å². The number of hydrogen-bond donors (Lipinski definition) is 0. The summed E-state index contributed by atoms with van der Waals surface area (Å²) >= 11 is 3.24. The van der Waals surface area contributed by atoms with Crippen molar-refractivity contribution < 1.29 is 25.8 Å². The number of benzene rings is 2. The van der Waals surface area contributed by atoms with Crippen LogP contribution in [0.4, 0.5) is 13.2 Å². The average molecular weight is 488 g/mol. The molecule has 29 heavy (non-hydrogen) atoms. The summed E-state index contributed by atoms with van der Waals surface area (Å²) in [4.78, 5) is 0. The van der Waals surface area contributed by atoms with Crippen molar-refractivity contribution in [2.24, 2.45) is 0 Å². The highest BCUT2D eigenvalue weighted by Crippen LogP contribution is 2.38. The summed E-state index contributed by atoms with van der Waals surface area (Å²) < 4.78 is 71.2. The molecule has 0 bridgehead atoms. The molecule has 0 spiro atoms. The first-order valence-corrected chi connectivity index (χ1v) is 10.9. The molecule has 0 amide bonds. The Morgan fingerprint density at radius 2 is 1.76 bits per heavy atom. The summed E-state index contributed by atoms with van der Waals surface area (Å²) in [6.45, 7) is 1.77. The monoisotopic (exact) mass is 487 g/mol. The molecular weight excluding hydrogens is 471 g/mol. The van der Waals surface area contributed by atoms with E-state index < -0.39 is 33.2 Å². The number of rotatable bonds is 7. The molecule has 2 rings (SSSR count). The molecule has 0 aliphatic rings. The van der Waals surface area contributed by atoms with E-state index in [1.165, 1.54) is 24.3 Å². The van der Waals surface area contributed by atoms with E-state index in [1.54, 1.807) is 25.1 Å². The van der Waals surface area contributed by atoms with Crippen LogP contribution in [0.2, 0.25) is 0 Å². The van der Waals surface area contributed by atoms with Crippen LogP contribution in [0.15, 0.2) is 53.0 Å². The lowest BCUT2D eigenvalue weighted by molar-refractivity contribution is -0.137. The lowest BCUT2D eigenvalue weighted by Gasteiger charge is -2.17. The maximum atomic E-state index is 13.6. The van der Waals surface area contributed by atoms with Crippen LogP contribution in [0, 0.1) is 11.3 Å². The van der Waals surface area contributed by atoms with Crippen LogP contribution in [-0.2, 0) is 20.5 Å². The lowest BCUT2D eigenvalue weighted by Crippen LogP contribution is -2.14. The molecule has 2 aromatic rings. The van der Waals surface area contributed by atoms with Gasteiger partial charge in [-0.3, -0.25) is 0 Å². The summed E-state index contributed by atoms with van der Waals surface area (Å²) in [5, 5.41) is 9.67. The van der Waals surface area contributed by atoms with Gasteiger partial charge in [-0.05, 0) is 30.2 Å². The van der Waals surface area contributed by atoms with Crippen LogP contribution < -0.4 is 0 Å². The predicted molar refractivity (Wildman–Crippen MR) is 108 cm³/mol. The summed E-state index contributed by atoms with van der Waals surface area (Å²) in [6.07, 6.45) is -3.94. The maximum Gasteiger partial charge on any atom is 0.417 e. The molecule has 0 aliphatic carbocycles. The minimum absolute atomic E-state index is 0.230. The fourth-order valence-electron chi connectivity index (χ4n) is 2.50. The Balaban J connectivity index is 2.77. The Kier molecular flexibility index (Phi) is 7.49. The Labute approximate surface area is 175 Å².